The van der Waals surface area contributed by atoms with Gasteiger partial charge in [0.1, 0.15) is 0 Å². The van der Waals surface area contributed by atoms with Crippen molar-refractivity contribution in [3.63, 3.8) is 0 Å². The number of aromatic nitrogens is 2. The Hall–Kier alpha value is -1.09. The van der Waals surface area contributed by atoms with E-state index in [4.69, 9.17) is 0 Å². The zero-order valence-electron chi connectivity index (χ0n) is 11.8. The van der Waals surface area contributed by atoms with Crippen LogP contribution < -0.4 is 5.32 Å². The van der Waals surface area contributed by atoms with E-state index in [2.05, 4.69) is 49.5 Å². The summed E-state index contributed by atoms with van der Waals surface area (Å²) >= 11 is 0. The van der Waals surface area contributed by atoms with Gasteiger partial charge in [-0.1, -0.05) is 11.6 Å². The van der Waals surface area contributed by atoms with Crippen molar-refractivity contribution in [3.8, 4) is 0 Å². The van der Waals surface area contributed by atoms with Gasteiger partial charge in [0.2, 0.25) is 0 Å². The quantitative estimate of drug-likeness (QED) is 0.593. The summed E-state index contributed by atoms with van der Waals surface area (Å²) in [7, 11) is 0. The Morgan fingerprint density at radius 3 is 2.94 bits per heavy atom. The van der Waals surface area contributed by atoms with Crippen LogP contribution in [-0.2, 0) is 6.42 Å². The summed E-state index contributed by atoms with van der Waals surface area (Å²) < 4.78 is 2.03. The van der Waals surface area contributed by atoms with E-state index in [9.17, 15) is 0 Å². The molecule has 0 amide bonds. The summed E-state index contributed by atoms with van der Waals surface area (Å²) in [6.07, 6.45) is 9.26. The molecule has 1 aliphatic rings. The van der Waals surface area contributed by atoms with Crippen LogP contribution in [0.4, 0.5) is 0 Å². The molecule has 3 nitrogen and oxygen atoms in total. The van der Waals surface area contributed by atoms with Crippen molar-refractivity contribution in [2.75, 3.05) is 6.54 Å². The molecule has 1 saturated carbocycles. The average molecular weight is 247 g/mol. The number of hydrogen-bond acceptors (Lipinski definition) is 2. The molecule has 0 radical (unpaired) electrons. The highest BCUT2D eigenvalue weighted by atomic mass is 15.3. The van der Waals surface area contributed by atoms with Gasteiger partial charge in [0.05, 0.1) is 5.69 Å². The summed E-state index contributed by atoms with van der Waals surface area (Å²) in [5, 5.41) is 8.11. The maximum atomic E-state index is 4.58. The molecule has 0 unspecified atom stereocenters. The predicted molar refractivity (Wildman–Crippen MR) is 75.7 cm³/mol. The fourth-order valence-corrected chi connectivity index (χ4v) is 2.01. The second kappa shape index (κ2) is 6.19. The van der Waals surface area contributed by atoms with Crippen molar-refractivity contribution in [3.05, 3.63) is 29.6 Å². The second-order valence-electron chi connectivity index (χ2n) is 5.63. The highest BCUT2D eigenvalue weighted by Crippen LogP contribution is 2.18. The maximum Gasteiger partial charge on any atom is 0.0664 e. The molecule has 100 valence electrons. The van der Waals surface area contributed by atoms with Gasteiger partial charge >= 0.3 is 0 Å². The van der Waals surface area contributed by atoms with Crippen molar-refractivity contribution in [1.29, 1.82) is 0 Å². The fourth-order valence-electron chi connectivity index (χ4n) is 2.01. The van der Waals surface area contributed by atoms with Gasteiger partial charge in [0, 0.05) is 24.7 Å². The van der Waals surface area contributed by atoms with Gasteiger partial charge in [0.25, 0.3) is 0 Å². The van der Waals surface area contributed by atoms with Crippen molar-refractivity contribution in [2.45, 2.75) is 58.5 Å². The van der Waals surface area contributed by atoms with Gasteiger partial charge in [-0.3, -0.25) is 4.68 Å². The van der Waals surface area contributed by atoms with Crippen LogP contribution in [0.3, 0.4) is 0 Å². The molecular formula is C15H25N3. The van der Waals surface area contributed by atoms with Gasteiger partial charge < -0.3 is 5.32 Å². The molecule has 0 aromatic carbocycles. The van der Waals surface area contributed by atoms with Gasteiger partial charge in [-0.25, -0.2) is 0 Å². The monoisotopic (exact) mass is 247 g/mol. The topological polar surface area (TPSA) is 29.9 Å². The van der Waals surface area contributed by atoms with Crippen LogP contribution in [0.1, 0.15) is 51.8 Å². The van der Waals surface area contributed by atoms with E-state index in [0.29, 0.717) is 6.04 Å². The Labute approximate surface area is 110 Å². The van der Waals surface area contributed by atoms with E-state index in [1.165, 1.54) is 24.1 Å². The van der Waals surface area contributed by atoms with Crippen molar-refractivity contribution < 1.29 is 0 Å². The molecule has 0 aliphatic heterocycles. The van der Waals surface area contributed by atoms with E-state index in [1.54, 1.807) is 0 Å². The van der Waals surface area contributed by atoms with E-state index in [0.717, 1.165) is 25.4 Å². The van der Waals surface area contributed by atoms with Crippen molar-refractivity contribution in [2.24, 2.45) is 0 Å². The zero-order valence-corrected chi connectivity index (χ0v) is 11.8. The third-order valence-electron chi connectivity index (χ3n) is 3.30. The minimum absolute atomic E-state index is 0.450. The number of nitrogens with zero attached hydrogens (tertiary/aromatic N) is 2. The van der Waals surface area contributed by atoms with Gasteiger partial charge in [0.15, 0.2) is 0 Å². The fraction of sp³-hybridized carbons (Fsp3) is 0.667. The molecule has 1 aliphatic carbocycles. The third kappa shape index (κ3) is 4.30. The molecular weight excluding hydrogens is 222 g/mol. The van der Waals surface area contributed by atoms with Gasteiger partial charge in [-0.05, 0) is 52.6 Å². The van der Waals surface area contributed by atoms with Crippen LogP contribution >= 0.6 is 0 Å². The maximum absolute atomic E-state index is 4.58. The largest absolute Gasteiger partial charge is 0.314 e. The lowest BCUT2D eigenvalue weighted by Gasteiger charge is -2.04. The van der Waals surface area contributed by atoms with Crippen LogP contribution in [0.5, 0.6) is 0 Å². The molecule has 0 saturated heterocycles. The van der Waals surface area contributed by atoms with Crippen LogP contribution in [0.2, 0.25) is 0 Å². The normalized spacial score (nSPS) is 16.6. The lowest BCUT2D eigenvalue weighted by atomic mass is 10.1. The minimum atomic E-state index is 0.450. The van der Waals surface area contributed by atoms with Crippen molar-refractivity contribution in [1.82, 2.24) is 15.1 Å². The lowest BCUT2D eigenvalue weighted by Crippen LogP contribution is -2.16. The number of rotatable bonds is 7. The smallest absolute Gasteiger partial charge is 0.0664 e. The predicted octanol–water partition coefficient (Wildman–Crippen LogP) is 3.09. The Balaban J connectivity index is 1.73. The van der Waals surface area contributed by atoms with Crippen molar-refractivity contribution >= 4 is 0 Å². The summed E-state index contributed by atoms with van der Waals surface area (Å²) in [4.78, 5) is 0. The Kier molecular flexibility index (Phi) is 4.59. The molecule has 0 spiro atoms. The second-order valence-corrected chi connectivity index (χ2v) is 5.63. The first-order chi connectivity index (χ1) is 8.65. The Morgan fingerprint density at radius 2 is 2.33 bits per heavy atom. The molecule has 1 aromatic heterocycles. The van der Waals surface area contributed by atoms with Crippen LogP contribution in [-0.4, -0.2) is 22.4 Å². The minimum Gasteiger partial charge on any atom is -0.314 e. The van der Waals surface area contributed by atoms with Gasteiger partial charge in [-0.15, -0.1) is 0 Å². The standard InChI is InChI=1S/C15H25N3/c1-12(2)18-10-8-15(17-18)11-13(3)5-4-9-16-14-6-7-14/h5,8,10,12,14,16H,4,6-7,9,11H2,1-3H3. The molecule has 1 fully saturated rings. The summed E-state index contributed by atoms with van der Waals surface area (Å²) in [5.74, 6) is 0. The first-order valence-corrected chi connectivity index (χ1v) is 7.08. The summed E-state index contributed by atoms with van der Waals surface area (Å²) in [6.45, 7) is 7.63. The zero-order chi connectivity index (χ0) is 13.0. The first-order valence-electron chi connectivity index (χ1n) is 7.08. The molecule has 0 atom stereocenters. The lowest BCUT2D eigenvalue weighted by molar-refractivity contribution is 0.527. The molecule has 1 N–H and O–H groups in total. The molecule has 1 heterocycles. The number of allylic oxidation sites excluding steroid dienone is 1. The summed E-state index contributed by atoms with van der Waals surface area (Å²) in [6, 6.07) is 3.39. The number of nitrogens with one attached hydrogen (secondary N) is 1. The Morgan fingerprint density at radius 1 is 1.56 bits per heavy atom. The summed E-state index contributed by atoms with van der Waals surface area (Å²) in [5.41, 5.74) is 2.59. The van der Waals surface area contributed by atoms with E-state index >= 15 is 0 Å². The van der Waals surface area contributed by atoms with E-state index in [1.807, 2.05) is 4.68 Å². The SMILES string of the molecule is CC(=CCCNC1CC1)Cc1ccn(C(C)C)n1. The third-order valence-corrected chi connectivity index (χ3v) is 3.30. The molecule has 0 bridgehead atoms. The molecule has 18 heavy (non-hydrogen) atoms. The molecule has 1 aromatic rings. The average Bonchev–Trinajstić information content (AvgIpc) is 3.03. The first kappa shape index (κ1) is 13.3. The van der Waals surface area contributed by atoms with Crippen LogP contribution in [0, 0.1) is 0 Å². The highest BCUT2D eigenvalue weighted by Gasteiger charge is 2.19. The van der Waals surface area contributed by atoms with E-state index < -0.39 is 0 Å². The highest BCUT2D eigenvalue weighted by molar-refractivity contribution is 5.12. The van der Waals surface area contributed by atoms with Crippen LogP contribution in [0.25, 0.3) is 0 Å². The molecule has 3 heteroatoms. The Bertz CT molecular complexity index is 400. The van der Waals surface area contributed by atoms with Gasteiger partial charge in [-0.2, -0.15) is 5.10 Å². The molecule has 2 rings (SSSR count). The number of hydrogen-bond donors (Lipinski definition) is 1. The van der Waals surface area contributed by atoms with Crippen LogP contribution in [0.15, 0.2) is 23.9 Å². The van der Waals surface area contributed by atoms with E-state index in [-0.39, 0.29) is 0 Å².